The second-order valence-electron chi connectivity index (χ2n) is 5.11. The van der Waals surface area contributed by atoms with Crippen molar-refractivity contribution >= 4 is 5.91 Å². The number of benzene rings is 1. The minimum atomic E-state index is -0.437. The number of amides is 1. The SMILES string of the molecule is CC1CCNCC1CNC(=O)c1c(O)cccc1O. The van der Waals surface area contributed by atoms with Gasteiger partial charge in [0.25, 0.3) is 5.91 Å². The van der Waals surface area contributed by atoms with Crippen molar-refractivity contribution in [2.24, 2.45) is 11.8 Å². The van der Waals surface area contributed by atoms with Gasteiger partial charge in [0.2, 0.25) is 0 Å². The van der Waals surface area contributed by atoms with Crippen LogP contribution < -0.4 is 10.6 Å². The fourth-order valence-corrected chi connectivity index (χ4v) is 2.40. The fraction of sp³-hybridized carbons (Fsp3) is 0.500. The Labute approximate surface area is 112 Å². The molecule has 1 aromatic rings. The Morgan fingerprint density at radius 1 is 1.42 bits per heavy atom. The summed E-state index contributed by atoms with van der Waals surface area (Å²) in [7, 11) is 0. The summed E-state index contributed by atoms with van der Waals surface area (Å²) < 4.78 is 0. The van der Waals surface area contributed by atoms with Gasteiger partial charge in [-0.15, -0.1) is 0 Å². The van der Waals surface area contributed by atoms with E-state index in [2.05, 4.69) is 17.6 Å². The van der Waals surface area contributed by atoms with Crippen LogP contribution in [0.25, 0.3) is 0 Å². The molecule has 1 aromatic carbocycles. The normalized spacial score (nSPS) is 23.0. The highest BCUT2D eigenvalue weighted by atomic mass is 16.3. The number of rotatable bonds is 3. The summed E-state index contributed by atoms with van der Waals surface area (Å²) in [6, 6.07) is 4.27. The van der Waals surface area contributed by atoms with Gasteiger partial charge in [-0.05, 0) is 43.5 Å². The van der Waals surface area contributed by atoms with E-state index in [1.54, 1.807) is 0 Å². The molecule has 104 valence electrons. The van der Waals surface area contributed by atoms with Gasteiger partial charge in [0.05, 0.1) is 0 Å². The molecule has 2 unspecified atom stereocenters. The maximum absolute atomic E-state index is 12.0. The van der Waals surface area contributed by atoms with Gasteiger partial charge in [-0.3, -0.25) is 4.79 Å². The third-order valence-electron chi connectivity index (χ3n) is 3.76. The Morgan fingerprint density at radius 2 is 2.11 bits per heavy atom. The highest BCUT2D eigenvalue weighted by molar-refractivity contribution is 5.99. The van der Waals surface area contributed by atoms with E-state index in [0.717, 1.165) is 19.5 Å². The van der Waals surface area contributed by atoms with Crippen molar-refractivity contribution < 1.29 is 15.0 Å². The number of piperidine rings is 1. The van der Waals surface area contributed by atoms with E-state index in [1.165, 1.54) is 18.2 Å². The summed E-state index contributed by atoms with van der Waals surface area (Å²) >= 11 is 0. The molecule has 1 amide bonds. The minimum Gasteiger partial charge on any atom is -0.507 e. The van der Waals surface area contributed by atoms with Gasteiger partial charge >= 0.3 is 0 Å². The molecule has 1 saturated heterocycles. The first-order chi connectivity index (χ1) is 9.09. The van der Waals surface area contributed by atoms with Crippen LogP contribution in [0.4, 0.5) is 0 Å². The van der Waals surface area contributed by atoms with Gasteiger partial charge in [-0.25, -0.2) is 0 Å². The predicted molar refractivity (Wildman–Crippen MR) is 72.2 cm³/mol. The van der Waals surface area contributed by atoms with Crippen LogP contribution >= 0.6 is 0 Å². The number of aromatic hydroxyl groups is 2. The number of phenolic OH excluding ortho intramolecular Hbond substituents is 2. The number of hydrogen-bond acceptors (Lipinski definition) is 4. The van der Waals surface area contributed by atoms with E-state index in [1.807, 2.05) is 0 Å². The van der Waals surface area contributed by atoms with Crippen molar-refractivity contribution in [1.82, 2.24) is 10.6 Å². The summed E-state index contributed by atoms with van der Waals surface area (Å²) in [5.41, 5.74) is -0.0566. The number of hydrogen-bond donors (Lipinski definition) is 4. The first kappa shape index (κ1) is 13.7. The van der Waals surface area contributed by atoms with Crippen LogP contribution in [-0.4, -0.2) is 35.8 Å². The molecule has 0 bridgehead atoms. The van der Waals surface area contributed by atoms with Gasteiger partial charge in [-0.2, -0.15) is 0 Å². The molecule has 2 rings (SSSR count). The molecule has 1 heterocycles. The Balaban J connectivity index is 1.97. The van der Waals surface area contributed by atoms with Crippen molar-refractivity contribution in [2.45, 2.75) is 13.3 Å². The van der Waals surface area contributed by atoms with E-state index < -0.39 is 5.91 Å². The first-order valence-corrected chi connectivity index (χ1v) is 6.59. The van der Waals surface area contributed by atoms with Gasteiger partial charge in [-0.1, -0.05) is 13.0 Å². The molecule has 1 fully saturated rings. The van der Waals surface area contributed by atoms with E-state index in [-0.39, 0.29) is 17.1 Å². The molecular weight excluding hydrogens is 244 g/mol. The highest BCUT2D eigenvalue weighted by Crippen LogP contribution is 2.26. The highest BCUT2D eigenvalue weighted by Gasteiger charge is 2.23. The van der Waals surface area contributed by atoms with E-state index in [9.17, 15) is 15.0 Å². The lowest BCUT2D eigenvalue weighted by atomic mass is 9.88. The molecule has 0 radical (unpaired) electrons. The van der Waals surface area contributed by atoms with Crippen molar-refractivity contribution in [3.63, 3.8) is 0 Å². The van der Waals surface area contributed by atoms with Crippen molar-refractivity contribution in [1.29, 1.82) is 0 Å². The zero-order valence-electron chi connectivity index (χ0n) is 11.0. The van der Waals surface area contributed by atoms with Crippen LogP contribution in [0.1, 0.15) is 23.7 Å². The molecule has 0 saturated carbocycles. The number of carbonyl (C=O) groups is 1. The Hall–Kier alpha value is -1.75. The molecule has 0 spiro atoms. The first-order valence-electron chi connectivity index (χ1n) is 6.59. The van der Waals surface area contributed by atoms with E-state index in [0.29, 0.717) is 18.4 Å². The second-order valence-corrected chi connectivity index (χ2v) is 5.11. The van der Waals surface area contributed by atoms with Crippen molar-refractivity contribution in [3.05, 3.63) is 23.8 Å². The third-order valence-corrected chi connectivity index (χ3v) is 3.76. The summed E-state index contributed by atoms with van der Waals surface area (Å²) in [6.45, 7) is 4.62. The minimum absolute atomic E-state index is 0.0566. The lowest BCUT2D eigenvalue weighted by molar-refractivity contribution is 0.0933. The van der Waals surface area contributed by atoms with Crippen LogP contribution in [-0.2, 0) is 0 Å². The largest absolute Gasteiger partial charge is 0.507 e. The summed E-state index contributed by atoms with van der Waals surface area (Å²) in [5, 5.41) is 25.3. The zero-order valence-corrected chi connectivity index (χ0v) is 11.0. The maximum Gasteiger partial charge on any atom is 0.258 e. The second kappa shape index (κ2) is 5.93. The monoisotopic (exact) mass is 264 g/mol. The third kappa shape index (κ3) is 3.17. The Morgan fingerprint density at radius 3 is 2.74 bits per heavy atom. The van der Waals surface area contributed by atoms with Crippen molar-refractivity contribution in [2.75, 3.05) is 19.6 Å². The van der Waals surface area contributed by atoms with Gasteiger partial charge in [0.15, 0.2) is 0 Å². The van der Waals surface area contributed by atoms with E-state index >= 15 is 0 Å². The van der Waals surface area contributed by atoms with Crippen LogP contribution in [0.2, 0.25) is 0 Å². The Bertz CT molecular complexity index is 442. The number of phenols is 2. The van der Waals surface area contributed by atoms with Crippen LogP contribution in [0, 0.1) is 11.8 Å². The van der Waals surface area contributed by atoms with Crippen LogP contribution in [0.15, 0.2) is 18.2 Å². The van der Waals surface area contributed by atoms with Crippen molar-refractivity contribution in [3.8, 4) is 11.5 Å². The molecule has 0 aromatic heterocycles. The maximum atomic E-state index is 12.0. The molecule has 1 aliphatic heterocycles. The summed E-state index contributed by atoms with van der Waals surface area (Å²) in [5.74, 6) is 0.0956. The molecule has 4 N–H and O–H groups in total. The van der Waals surface area contributed by atoms with Crippen LogP contribution in [0.3, 0.4) is 0 Å². The zero-order chi connectivity index (χ0) is 13.8. The smallest absolute Gasteiger partial charge is 0.258 e. The molecular formula is C14H20N2O3. The predicted octanol–water partition coefficient (Wildman–Crippen LogP) is 1.07. The molecule has 5 heteroatoms. The average molecular weight is 264 g/mol. The molecule has 1 aliphatic rings. The quantitative estimate of drug-likeness (QED) is 0.658. The molecule has 2 atom stereocenters. The fourth-order valence-electron chi connectivity index (χ4n) is 2.40. The standard InChI is InChI=1S/C14H20N2O3/c1-9-5-6-15-7-10(9)8-16-14(19)13-11(17)3-2-4-12(13)18/h2-4,9-10,15,17-18H,5-8H2,1H3,(H,16,19). The number of nitrogens with one attached hydrogen (secondary N) is 2. The van der Waals surface area contributed by atoms with E-state index in [4.69, 9.17) is 0 Å². The Kier molecular flexibility index (Phi) is 4.27. The summed E-state index contributed by atoms with van der Waals surface area (Å²) in [6.07, 6.45) is 1.10. The van der Waals surface area contributed by atoms with Gasteiger partial charge < -0.3 is 20.8 Å². The average Bonchev–Trinajstić information content (AvgIpc) is 2.37. The lowest BCUT2D eigenvalue weighted by Crippen LogP contribution is -2.42. The number of carbonyl (C=O) groups excluding carboxylic acids is 1. The van der Waals surface area contributed by atoms with Gasteiger partial charge in [0, 0.05) is 6.54 Å². The van der Waals surface area contributed by atoms with Gasteiger partial charge in [0.1, 0.15) is 17.1 Å². The van der Waals surface area contributed by atoms with Crippen LogP contribution in [0.5, 0.6) is 11.5 Å². The molecule has 0 aliphatic carbocycles. The summed E-state index contributed by atoms with van der Waals surface area (Å²) in [4.78, 5) is 12.0. The molecule has 5 nitrogen and oxygen atoms in total. The lowest BCUT2D eigenvalue weighted by Gasteiger charge is -2.29. The topological polar surface area (TPSA) is 81.6 Å². The molecule has 19 heavy (non-hydrogen) atoms.